The van der Waals surface area contributed by atoms with Crippen LogP contribution in [0.15, 0.2) is 6.07 Å². The SMILES string of the molecule is COC(=O)[C@H](N)c1c(F)c(F)cc(F)c1F. The number of rotatable bonds is 2. The molecule has 0 aliphatic rings. The first-order valence-electron chi connectivity index (χ1n) is 4.06. The van der Waals surface area contributed by atoms with E-state index >= 15 is 0 Å². The maximum atomic E-state index is 13.1. The summed E-state index contributed by atoms with van der Waals surface area (Å²) in [6.07, 6.45) is 0. The zero-order chi connectivity index (χ0) is 12.5. The van der Waals surface area contributed by atoms with Gasteiger partial charge in [0.05, 0.1) is 12.7 Å². The molecule has 0 radical (unpaired) electrons. The molecule has 0 fully saturated rings. The van der Waals surface area contributed by atoms with Gasteiger partial charge in [0.25, 0.3) is 0 Å². The van der Waals surface area contributed by atoms with Crippen LogP contribution in [0.1, 0.15) is 11.6 Å². The fraction of sp³-hybridized carbons (Fsp3) is 0.222. The molecular formula is C9H7F4NO2. The first-order chi connectivity index (χ1) is 7.40. The van der Waals surface area contributed by atoms with Crippen molar-refractivity contribution in [2.24, 2.45) is 5.73 Å². The number of hydrogen-bond donors (Lipinski definition) is 1. The Hall–Kier alpha value is -1.63. The topological polar surface area (TPSA) is 52.3 Å². The highest BCUT2D eigenvalue weighted by molar-refractivity contribution is 5.77. The lowest BCUT2D eigenvalue weighted by atomic mass is 10.1. The second-order valence-corrected chi connectivity index (χ2v) is 2.88. The third-order valence-corrected chi connectivity index (χ3v) is 1.91. The minimum absolute atomic E-state index is 0.0260. The molecule has 0 bridgehead atoms. The minimum atomic E-state index is -1.92. The Morgan fingerprint density at radius 3 is 2.06 bits per heavy atom. The van der Waals surface area contributed by atoms with Crippen LogP contribution in [0.25, 0.3) is 0 Å². The number of carbonyl (C=O) groups is 1. The Bertz CT molecular complexity index is 410. The van der Waals surface area contributed by atoms with Crippen molar-refractivity contribution < 1.29 is 27.1 Å². The van der Waals surface area contributed by atoms with Crippen LogP contribution >= 0.6 is 0 Å². The molecule has 1 aromatic rings. The smallest absolute Gasteiger partial charge is 0.327 e. The van der Waals surface area contributed by atoms with E-state index in [0.29, 0.717) is 0 Å². The summed E-state index contributed by atoms with van der Waals surface area (Å²) in [5, 5.41) is 0. The molecule has 0 unspecified atom stereocenters. The van der Waals surface area contributed by atoms with Gasteiger partial charge < -0.3 is 10.5 Å². The third kappa shape index (κ3) is 1.99. The highest BCUT2D eigenvalue weighted by Crippen LogP contribution is 2.24. The molecule has 0 aliphatic heterocycles. The molecule has 0 heterocycles. The van der Waals surface area contributed by atoms with E-state index < -0.39 is 40.8 Å². The zero-order valence-corrected chi connectivity index (χ0v) is 8.06. The third-order valence-electron chi connectivity index (χ3n) is 1.91. The Balaban J connectivity index is 3.37. The summed E-state index contributed by atoms with van der Waals surface area (Å²) < 4.78 is 55.9. The molecular weight excluding hydrogens is 230 g/mol. The summed E-state index contributed by atoms with van der Waals surface area (Å²) in [6.45, 7) is 0. The second-order valence-electron chi connectivity index (χ2n) is 2.88. The predicted molar refractivity (Wildman–Crippen MR) is 45.2 cm³/mol. The highest BCUT2D eigenvalue weighted by Gasteiger charge is 2.28. The number of ether oxygens (including phenoxy) is 1. The van der Waals surface area contributed by atoms with E-state index in [9.17, 15) is 22.4 Å². The summed E-state index contributed by atoms with van der Waals surface area (Å²) in [5.74, 6) is -7.89. The Morgan fingerprint density at radius 2 is 1.69 bits per heavy atom. The molecule has 0 amide bonds. The maximum Gasteiger partial charge on any atom is 0.327 e. The number of esters is 1. The summed E-state index contributed by atoms with van der Waals surface area (Å²) in [7, 11) is 0.924. The molecule has 1 atom stereocenters. The van der Waals surface area contributed by atoms with Gasteiger partial charge in [0.2, 0.25) is 0 Å². The Morgan fingerprint density at radius 1 is 1.25 bits per heavy atom. The van der Waals surface area contributed by atoms with Crippen LogP contribution in [0.5, 0.6) is 0 Å². The van der Waals surface area contributed by atoms with E-state index in [1.807, 2.05) is 0 Å². The zero-order valence-electron chi connectivity index (χ0n) is 8.06. The summed E-state index contributed by atoms with van der Waals surface area (Å²) >= 11 is 0. The van der Waals surface area contributed by atoms with Gasteiger partial charge in [0.1, 0.15) is 6.04 Å². The normalized spacial score (nSPS) is 12.4. The molecule has 88 valence electrons. The van der Waals surface area contributed by atoms with Crippen LogP contribution in [0.2, 0.25) is 0 Å². The largest absolute Gasteiger partial charge is 0.468 e. The quantitative estimate of drug-likeness (QED) is 0.480. The first kappa shape index (κ1) is 12.4. The van der Waals surface area contributed by atoms with Crippen molar-refractivity contribution in [3.63, 3.8) is 0 Å². The van der Waals surface area contributed by atoms with E-state index in [4.69, 9.17) is 5.73 Å². The first-order valence-corrected chi connectivity index (χ1v) is 4.06. The number of halogens is 4. The summed E-state index contributed by atoms with van der Waals surface area (Å²) in [6, 6.07) is -1.90. The molecule has 2 N–H and O–H groups in total. The average Bonchev–Trinajstić information content (AvgIpc) is 2.25. The van der Waals surface area contributed by atoms with Gasteiger partial charge in [-0.25, -0.2) is 17.6 Å². The predicted octanol–water partition coefficient (Wildman–Crippen LogP) is 1.42. The van der Waals surface area contributed by atoms with E-state index in [0.717, 1.165) is 7.11 Å². The number of carbonyl (C=O) groups excluding carboxylic acids is 1. The summed E-state index contributed by atoms with van der Waals surface area (Å²) in [5.41, 5.74) is 3.91. The second kappa shape index (κ2) is 4.48. The van der Waals surface area contributed by atoms with Crippen molar-refractivity contribution in [3.05, 3.63) is 34.9 Å². The number of benzene rings is 1. The maximum absolute atomic E-state index is 13.1. The number of hydrogen-bond acceptors (Lipinski definition) is 3. The monoisotopic (exact) mass is 237 g/mol. The summed E-state index contributed by atoms with van der Waals surface area (Å²) in [4.78, 5) is 10.9. The molecule has 0 saturated carbocycles. The molecule has 16 heavy (non-hydrogen) atoms. The standard InChI is InChI=1S/C9H7F4NO2/c1-16-9(15)8(14)5-6(12)3(10)2-4(11)7(5)13/h2,8H,14H2,1H3/t8-/m1/s1. The Labute approximate surface area is 87.8 Å². The van der Waals surface area contributed by atoms with Gasteiger partial charge in [-0.3, -0.25) is 4.79 Å². The number of nitrogens with two attached hydrogens (primary N) is 1. The van der Waals surface area contributed by atoms with Crippen molar-refractivity contribution in [1.82, 2.24) is 0 Å². The highest BCUT2D eigenvalue weighted by atomic mass is 19.2. The van der Waals surface area contributed by atoms with Gasteiger partial charge in [-0.15, -0.1) is 0 Å². The fourth-order valence-electron chi connectivity index (χ4n) is 1.11. The van der Waals surface area contributed by atoms with Gasteiger partial charge in [-0.05, 0) is 0 Å². The molecule has 0 aliphatic carbocycles. The lowest BCUT2D eigenvalue weighted by Gasteiger charge is -2.12. The Kier molecular flexibility index (Phi) is 3.48. The molecule has 1 rings (SSSR count). The lowest BCUT2D eigenvalue weighted by molar-refractivity contribution is -0.142. The molecule has 3 nitrogen and oxygen atoms in total. The minimum Gasteiger partial charge on any atom is -0.468 e. The van der Waals surface area contributed by atoms with Crippen molar-refractivity contribution in [2.75, 3.05) is 7.11 Å². The van der Waals surface area contributed by atoms with Crippen molar-refractivity contribution >= 4 is 5.97 Å². The van der Waals surface area contributed by atoms with Crippen molar-refractivity contribution in [1.29, 1.82) is 0 Å². The van der Waals surface area contributed by atoms with Gasteiger partial charge in [-0.1, -0.05) is 0 Å². The van der Waals surface area contributed by atoms with Crippen LogP contribution in [0, 0.1) is 23.3 Å². The molecule has 0 spiro atoms. The van der Waals surface area contributed by atoms with E-state index in [-0.39, 0.29) is 6.07 Å². The number of methoxy groups -OCH3 is 1. The van der Waals surface area contributed by atoms with Crippen LogP contribution in [0.4, 0.5) is 17.6 Å². The van der Waals surface area contributed by atoms with Crippen molar-refractivity contribution in [3.8, 4) is 0 Å². The average molecular weight is 237 g/mol. The van der Waals surface area contributed by atoms with Crippen molar-refractivity contribution in [2.45, 2.75) is 6.04 Å². The molecule has 1 aromatic carbocycles. The van der Waals surface area contributed by atoms with Crippen LogP contribution < -0.4 is 5.73 Å². The van der Waals surface area contributed by atoms with Crippen LogP contribution in [-0.4, -0.2) is 13.1 Å². The fourth-order valence-corrected chi connectivity index (χ4v) is 1.11. The molecule has 0 saturated heterocycles. The molecule has 7 heteroatoms. The molecule has 0 aromatic heterocycles. The van der Waals surface area contributed by atoms with Gasteiger partial charge in [0.15, 0.2) is 23.3 Å². The van der Waals surface area contributed by atoms with Crippen LogP contribution in [0.3, 0.4) is 0 Å². The van der Waals surface area contributed by atoms with Crippen LogP contribution in [-0.2, 0) is 9.53 Å². The van der Waals surface area contributed by atoms with E-state index in [1.165, 1.54) is 0 Å². The van der Waals surface area contributed by atoms with E-state index in [1.54, 1.807) is 0 Å². The lowest BCUT2D eigenvalue weighted by Crippen LogP contribution is -2.26. The van der Waals surface area contributed by atoms with Gasteiger partial charge >= 0.3 is 5.97 Å². The van der Waals surface area contributed by atoms with Gasteiger partial charge in [-0.2, -0.15) is 0 Å². The van der Waals surface area contributed by atoms with Gasteiger partial charge in [0, 0.05) is 6.07 Å². The van der Waals surface area contributed by atoms with E-state index in [2.05, 4.69) is 4.74 Å².